The van der Waals surface area contributed by atoms with Crippen molar-refractivity contribution in [3.05, 3.63) is 29.8 Å². The van der Waals surface area contributed by atoms with Crippen molar-refractivity contribution in [1.29, 1.82) is 0 Å². The SMILES string of the molecule is CP(C)C.CP(C)C.CP(C)C.CP(C)C.Cc1c[c-]c(O)cc1.[Ru+]. The van der Waals surface area contributed by atoms with Gasteiger partial charge in [-0.05, 0) is 80.0 Å². The third-order valence-electron chi connectivity index (χ3n) is 0.952. The molecule has 0 aliphatic heterocycles. The summed E-state index contributed by atoms with van der Waals surface area (Å²) in [6, 6.07) is 7.86. The van der Waals surface area contributed by atoms with Crippen LogP contribution in [-0.4, -0.2) is 85.1 Å². The molecule has 0 spiro atoms. The molecule has 1 aromatic carbocycles. The van der Waals surface area contributed by atoms with Gasteiger partial charge in [0.15, 0.2) is 0 Å². The van der Waals surface area contributed by atoms with E-state index in [2.05, 4.69) is 86.0 Å². The molecular weight excluding hydrogens is 469 g/mol. The monoisotopic (exact) mass is 513 g/mol. The summed E-state index contributed by atoms with van der Waals surface area (Å²) in [7, 11) is 1.52. The molecule has 1 rings (SSSR count). The summed E-state index contributed by atoms with van der Waals surface area (Å²) in [5, 5.41) is 8.70. The average Bonchev–Trinajstić information content (AvgIpc) is 2.30. The number of phenolic OH excluding ortho intramolecular Hbond substituents is 1. The van der Waals surface area contributed by atoms with Crippen LogP contribution >= 0.6 is 31.7 Å². The fourth-order valence-electron chi connectivity index (χ4n) is 0.494. The molecule has 0 fully saturated rings. The molecule has 0 aliphatic carbocycles. The minimum Gasteiger partial charge on any atom is -0.534 e. The van der Waals surface area contributed by atoms with Gasteiger partial charge in [0.1, 0.15) is 0 Å². The van der Waals surface area contributed by atoms with Crippen molar-refractivity contribution in [2.75, 3.05) is 80.0 Å². The quantitative estimate of drug-likeness (QED) is 0.227. The van der Waals surface area contributed by atoms with Crippen molar-refractivity contribution in [1.82, 2.24) is 0 Å². The third kappa shape index (κ3) is 107. The molecule has 1 aromatic rings. The van der Waals surface area contributed by atoms with Gasteiger partial charge in [-0.1, -0.05) is 6.92 Å². The van der Waals surface area contributed by atoms with Crippen LogP contribution in [0.2, 0.25) is 0 Å². The van der Waals surface area contributed by atoms with Gasteiger partial charge in [0.25, 0.3) is 0 Å². The standard InChI is InChI=1S/C7H7O.4C3H9P.Ru/c1-6-2-4-7(8)5-3-6;4*1-4(2)3;/h2-4,8H,1H3;4*1-3H3;/q-1;;;;;+1. The summed E-state index contributed by atoms with van der Waals surface area (Å²) in [6.45, 7) is 28.7. The van der Waals surface area contributed by atoms with Crippen LogP contribution in [0.25, 0.3) is 0 Å². The van der Waals surface area contributed by atoms with Crippen molar-refractivity contribution >= 4 is 31.7 Å². The third-order valence-corrected chi connectivity index (χ3v) is 0.952. The Morgan fingerprint density at radius 1 is 0.640 bits per heavy atom. The van der Waals surface area contributed by atoms with Crippen LogP contribution in [0.15, 0.2) is 18.2 Å². The zero-order valence-corrected chi connectivity index (χ0v) is 24.1. The number of aryl methyl sites for hydroxylation is 1. The number of hydrogen-bond acceptors (Lipinski definition) is 1. The second-order valence-electron chi connectivity index (χ2n) is 7.12. The Hall–Kier alpha value is 1.36. The van der Waals surface area contributed by atoms with Gasteiger partial charge in [0.2, 0.25) is 0 Å². The maximum Gasteiger partial charge on any atom is 1.00 e. The predicted molar refractivity (Wildman–Crippen MR) is 130 cm³/mol. The second-order valence-corrected chi connectivity index (χ2v) is 17.9. The molecule has 1 N–H and O–H groups in total. The van der Waals surface area contributed by atoms with Gasteiger partial charge >= 0.3 is 19.5 Å². The van der Waals surface area contributed by atoms with Crippen LogP contribution in [0, 0.1) is 13.0 Å². The van der Waals surface area contributed by atoms with Crippen molar-refractivity contribution in [2.45, 2.75) is 6.92 Å². The van der Waals surface area contributed by atoms with Crippen LogP contribution in [0.3, 0.4) is 0 Å². The Morgan fingerprint density at radius 3 is 1.00 bits per heavy atom. The Balaban J connectivity index is -0.0000000695. The summed E-state index contributed by atoms with van der Waals surface area (Å²) < 4.78 is 0. The first-order valence-electron chi connectivity index (χ1n) is 7.83. The predicted octanol–water partition coefficient (Wildman–Crippen LogP) is 6.93. The molecule has 1 nitrogen and oxygen atoms in total. The minimum atomic E-state index is 0. The van der Waals surface area contributed by atoms with Crippen molar-refractivity contribution in [3.63, 3.8) is 0 Å². The Bertz CT molecular complexity index is 273. The van der Waals surface area contributed by atoms with Gasteiger partial charge in [0, 0.05) is 5.75 Å². The van der Waals surface area contributed by atoms with Crippen LogP contribution in [0.1, 0.15) is 5.56 Å². The van der Waals surface area contributed by atoms with E-state index in [1.54, 1.807) is 12.1 Å². The zero-order chi connectivity index (χ0) is 20.3. The first-order chi connectivity index (χ1) is 10.7. The van der Waals surface area contributed by atoms with E-state index in [4.69, 9.17) is 5.11 Å². The summed E-state index contributed by atoms with van der Waals surface area (Å²) >= 11 is 0. The summed E-state index contributed by atoms with van der Waals surface area (Å²) in [4.78, 5) is 0. The molecule has 0 unspecified atom stereocenters. The summed E-state index contributed by atoms with van der Waals surface area (Å²) in [5.41, 5.74) is 1.11. The van der Waals surface area contributed by atoms with Crippen LogP contribution in [-0.2, 0) is 19.5 Å². The molecule has 0 aliphatic rings. The molecule has 0 saturated carbocycles. The number of benzene rings is 1. The Kier molecular flexibility index (Phi) is 41.0. The number of aromatic hydroxyl groups is 1. The maximum atomic E-state index is 8.70. The molecule has 25 heavy (non-hydrogen) atoms. The molecular formula is C19H43OP4Ru. The molecule has 0 heterocycles. The fourth-order valence-corrected chi connectivity index (χ4v) is 0.494. The average molecular weight is 513 g/mol. The topological polar surface area (TPSA) is 20.2 Å². The van der Waals surface area contributed by atoms with E-state index in [0.29, 0.717) is 31.7 Å². The van der Waals surface area contributed by atoms with E-state index in [1.807, 2.05) is 13.0 Å². The van der Waals surface area contributed by atoms with Crippen molar-refractivity contribution in [3.8, 4) is 5.75 Å². The number of rotatable bonds is 0. The van der Waals surface area contributed by atoms with E-state index >= 15 is 0 Å². The fraction of sp³-hybridized carbons (Fsp3) is 0.684. The largest absolute Gasteiger partial charge is 1.00 e. The second kappa shape index (κ2) is 27.6. The summed E-state index contributed by atoms with van der Waals surface area (Å²) in [5.74, 6) is 0.204. The molecule has 0 saturated heterocycles. The van der Waals surface area contributed by atoms with Gasteiger partial charge in [-0.25, -0.2) is 0 Å². The number of hydrogen-bond donors (Lipinski definition) is 1. The summed E-state index contributed by atoms with van der Waals surface area (Å²) in [6.07, 6.45) is 0. The number of phenols is 1. The molecule has 0 bridgehead atoms. The van der Waals surface area contributed by atoms with Crippen molar-refractivity contribution in [2.24, 2.45) is 0 Å². The van der Waals surface area contributed by atoms with Crippen LogP contribution in [0.4, 0.5) is 0 Å². The van der Waals surface area contributed by atoms with E-state index in [9.17, 15) is 0 Å². The molecule has 0 aromatic heterocycles. The van der Waals surface area contributed by atoms with E-state index in [1.165, 1.54) is 0 Å². The molecule has 6 heteroatoms. The van der Waals surface area contributed by atoms with E-state index in [-0.39, 0.29) is 25.2 Å². The molecule has 0 amide bonds. The van der Waals surface area contributed by atoms with Gasteiger partial charge in [-0.3, -0.25) is 0 Å². The Morgan fingerprint density at radius 2 is 0.880 bits per heavy atom. The Labute approximate surface area is 178 Å². The normalized spacial score (nSPS) is 8.68. The van der Waals surface area contributed by atoms with E-state index < -0.39 is 0 Å². The first-order valence-corrected chi connectivity index (χ1v) is 18.6. The van der Waals surface area contributed by atoms with Gasteiger partial charge in [0.05, 0.1) is 0 Å². The van der Waals surface area contributed by atoms with Gasteiger partial charge in [-0.15, -0.1) is 43.8 Å². The van der Waals surface area contributed by atoms with Crippen LogP contribution in [0.5, 0.6) is 5.75 Å². The first kappa shape index (κ1) is 37.2. The van der Waals surface area contributed by atoms with Gasteiger partial charge in [-0.2, -0.15) is 17.7 Å². The zero-order valence-electron chi connectivity index (χ0n) is 18.8. The maximum absolute atomic E-state index is 8.70. The minimum absolute atomic E-state index is 0. The molecule has 0 atom stereocenters. The van der Waals surface area contributed by atoms with Crippen LogP contribution < -0.4 is 0 Å². The molecule has 1 radical (unpaired) electrons. The molecule has 153 valence electrons. The van der Waals surface area contributed by atoms with Gasteiger partial charge < -0.3 is 5.11 Å². The smallest absolute Gasteiger partial charge is 0.534 e. The van der Waals surface area contributed by atoms with E-state index in [0.717, 1.165) is 5.56 Å². The van der Waals surface area contributed by atoms with Crippen molar-refractivity contribution < 1.29 is 24.6 Å².